The molecule has 1 saturated carbocycles. The van der Waals surface area contributed by atoms with E-state index in [2.05, 4.69) is 37.8 Å². The molecule has 1 aromatic carbocycles. The molecule has 2 rings (SSSR count). The maximum Gasteiger partial charge on any atom is 0.139 e. The van der Waals surface area contributed by atoms with E-state index in [1.807, 2.05) is 23.9 Å². The second-order valence-corrected chi connectivity index (χ2v) is 6.77. The molecule has 102 valence electrons. The first-order valence-electron chi connectivity index (χ1n) is 7.03. The summed E-state index contributed by atoms with van der Waals surface area (Å²) in [5.41, 5.74) is -0.188. The van der Waals surface area contributed by atoms with Gasteiger partial charge in [-0.25, -0.2) is 0 Å². The monoisotopic (exact) mass is 274 g/mol. The van der Waals surface area contributed by atoms with E-state index in [9.17, 15) is 4.79 Å². The van der Waals surface area contributed by atoms with Crippen molar-refractivity contribution in [3.8, 4) is 0 Å². The molecular weight excluding hydrogens is 252 g/mol. The van der Waals surface area contributed by atoms with Crippen molar-refractivity contribution in [2.75, 3.05) is 0 Å². The zero-order valence-electron chi connectivity index (χ0n) is 11.6. The number of rotatable bonds is 5. The average Bonchev–Trinajstić information content (AvgIpc) is 2.43. The van der Waals surface area contributed by atoms with Gasteiger partial charge in [0.1, 0.15) is 5.78 Å². The number of benzene rings is 1. The summed E-state index contributed by atoms with van der Waals surface area (Å²) in [6, 6.07) is 10.4. The normalized spacial score (nSPS) is 25.0. The predicted molar refractivity (Wildman–Crippen MR) is 82.5 cm³/mol. The van der Waals surface area contributed by atoms with E-state index >= 15 is 0 Å². The van der Waals surface area contributed by atoms with E-state index < -0.39 is 0 Å². The molecule has 2 heteroatoms. The summed E-state index contributed by atoms with van der Waals surface area (Å²) in [5.74, 6) is 0.439. The second-order valence-electron chi connectivity index (χ2n) is 5.49. The number of allylic oxidation sites excluding steroid dienone is 1. The maximum atomic E-state index is 12.4. The van der Waals surface area contributed by atoms with Gasteiger partial charge in [-0.05, 0) is 31.4 Å². The molecule has 0 aromatic heterocycles. The third-order valence-corrected chi connectivity index (χ3v) is 5.64. The lowest BCUT2D eigenvalue weighted by Gasteiger charge is -2.38. The molecule has 0 aliphatic heterocycles. The van der Waals surface area contributed by atoms with Gasteiger partial charge < -0.3 is 0 Å². The minimum atomic E-state index is -0.188. The average molecular weight is 274 g/mol. The quantitative estimate of drug-likeness (QED) is 0.562. The first-order chi connectivity index (χ1) is 9.16. The summed E-state index contributed by atoms with van der Waals surface area (Å²) in [6.45, 7) is 6.02. The van der Waals surface area contributed by atoms with Crippen molar-refractivity contribution in [3.05, 3.63) is 43.0 Å². The fraction of sp³-hybridized carbons (Fsp3) is 0.471. The fourth-order valence-electron chi connectivity index (χ4n) is 2.80. The molecule has 1 aliphatic carbocycles. The molecule has 1 nitrogen and oxygen atoms in total. The van der Waals surface area contributed by atoms with Crippen LogP contribution < -0.4 is 0 Å². The standard InChI is InChI=1S/C17H22OS/c1-3-9-16(19-14-10-5-4-6-11-14)17(2)13-8-7-12-15(17)18/h3-6,10-11,16H,1,7-9,12-13H2,2H3. The Morgan fingerprint density at radius 1 is 1.37 bits per heavy atom. The number of hydrogen-bond acceptors (Lipinski definition) is 2. The van der Waals surface area contributed by atoms with Gasteiger partial charge in [-0.3, -0.25) is 4.79 Å². The third kappa shape index (κ3) is 3.30. The first kappa shape index (κ1) is 14.4. The summed E-state index contributed by atoms with van der Waals surface area (Å²) in [6.07, 6.45) is 6.84. The molecule has 19 heavy (non-hydrogen) atoms. The number of carbonyl (C=O) groups is 1. The van der Waals surface area contributed by atoms with E-state index in [0.29, 0.717) is 11.0 Å². The number of ketones is 1. The summed E-state index contributed by atoms with van der Waals surface area (Å²) < 4.78 is 0. The fourth-order valence-corrected chi connectivity index (χ4v) is 4.18. The lowest BCUT2D eigenvalue weighted by atomic mass is 9.71. The van der Waals surface area contributed by atoms with Gasteiger partial charge in [0.05, 0.1) is 0 Å². The zero-order chi connectivity index (χ0) is 13.7. The van der Waals surface area contributed by atoms with Crippen molar-refractivity contribution >= 4 is 17.5 Å². The highest BCUT2D eigenvalue weighted by Crippen LogP contribution is 2.45. The van der Waals surface area contributed by atoms with Crippen molar-refractivity contribution in [2.45, 2.75) is 49.2 Å². The Labute approximate surface area is 120 Å². The number of thioether (sulfide) groups is 1. The minimum Gasteiger partial charge on any atom is -0.299 e. The van der Waals surface area contributed by atoms with Crippen LogP contribution in [0.3, 0.4) is 0 Å². The van der Waals surface area contributed by atoms with Crippen LogP contribution in [0.4, 0.5) is 0 Å². The van der Waals surface area contributed by atoms with Crippen molar-refractivity contribution in [2.24, 2.45) is 5.41 Å². The van der Waals surface area contributed by atoms with E-state index in [1.165, 1.54) is 11.3 Å². The highest BCUT2D eigenvalue weighted by molar-refractivity contribution is 8.00. The van der Waals surface area contributed by atoms with Crippen molar-refractivity contribution in [3.63, 3.8) is 0 Å². The third-order valence-electron chi connectivity index (χ3n) is 4.10. The lowest BCUT2D eigenvalue weighted by Crippen LogP contribution is -2.40. The van der Waals surface area contributed by atoms with Crippen LogP contribution in [0.5, 0.6) is 0 Å². The van der Waals surface area contributed by atoms with Crippen LogP contribution in [0, 0.1) is 5.41 Å². The van der Waals surface area contributed by atoms with Gasteiger partial charge >= 0.3 is 0 Å². The SMILES string of the molecule is C=CCC(Sc1ccccc1)C1(C)CCCCC1=O. The van der Waals surface area contributed by atoms with Gasteiger partial charge in [0.15, 0.2) is 0 Å². The van der Waals surface area contributed by atoms with E-state index in [1.54, 1.807) is 0 Å². The summed E-state index contributed by atoms with van der Waals surface area (Å²) >= 11 is 1.83. The van der Waals surface area contributed by atoms with Crippen LogP contribution in [-0.4, -0.2) is 11.0 Å². The summed E-state index contributed by atoms with van der Waals surface area (Å²) in [4.78, 5) is 13.6. The van der Waals surface area contributed by atoms with Crippen molar-refractivity contribution in [1.82, 2.24) is 0 Å². The van der Waals surface area contributed by atoms with Crippen LogP contribution in [0.15, 0.2) is 47.9 Å². The van der Waals surface area contributed by atoms with Gasteiger partial charge in [0.2, 0.25) is 0 Å². The van der Waals surface area contributed by atoms with E-state index in [0.717, 1.165) is 25.7 Å². The van der Waals surface area contributed by atoms with Gasteiger partial charge in [-0.2, -0.15) is 0 Å². The van der Waals surface area contributed by atoms with Gasteiger partial charge in [-0.1, -0.05) is 37.6 Å². The topological polar surface area (TPSA) is 17.1 Å². The summed E-state index contributed by atoms with van der Waals surface area (Å²) in [7, 11) is 0. The molecule has 0 heterocycles. The van der Waals surface area contributed by atoms with Crippen LogP contribution in [0.1, 0.15) is 39.0 Å². The van der Waals surface area contributed by atoms with Crippen LogP contribution in [0.2, 0.25) is 0 Å². The molecule has 0 N–H and O–H groups in total. The molecular formula is C17H22OS. The van der Waals surface area contributed by atoms with Crippen molar-refractivity contribution < 1.29 is 4.79 Å². The molecule has 1 fully saturated rings. The molecule has 2 atom stereocenters. The second kappa shape index (κ2) is 6.42. The van der Waals surface area contributed by atoms with Crippen molar-refractivity contribution in [1.29, 1.82) is 0 Å². The minimum absolute atomic E-state index is 0.188. The smallest absolute Gasteiger partial charge is 0.139 e. The van der Waals surface area contributed by atoms with E-state index in [4.69, 9.17) is 0 Å². The van der Waals surface area contributed by atoms with Gasteiger partial charge in [0, 0.05) is 22.0 Å². The largest absolute Gasteiger partial charge is 0.299 e. The Morgan fingerprint density at radius 2 is 2.11 bits per heavy atom. The molecule has 0 saturated heterocycles. The Morgan fingerprint density at radius 3 is 2.74 bits per heavy atom. The lowest BCUT2D eigenvalue weighted by molar-refractivity contribution is -0.130. The highest BCUT2D eigenvalue weighted by atomic mass is 32.2. The zero-order valence-corrected chi connectivity index (χ0v) is 12.4. The van der Waals surface area contributed by atoms with Crippen LogP contribution in [-0.2, 0) is 4.79 Å². The molecule has 0 amide bonds. The predicted octanol–water partition coefficient (Wildman–Crippen LogP) is 4.87. The molecule has 1 aromatic rings. The molecule has 1 aliphatic rings. The molecule has 0 radical (unpaired) electrons. The van der Waals surface area contributed by atoms with Crippen LogP contribution in [0.25, 0.3) is 0 Å². The molecule has 0 spiro atoms. The molecule has 0 bridgehead atoms. The Hall–Kier alpha value is -1.02. The van der Waals surface area contributed by atoms with Gasteiger partial charge in [-0.15, -0.1) is 18.3 Å². The Bertz CT molecular complexity index is 440. The number of carbonyl (C=O) groups excluding carboxylic acids is 1. The number of Topliss-reactive ketones (excluding diaryl/α,β-unsaturated/α-hetero) is 1. The van der Waals surface area contributed by atoms with Gasteiger partial charge in [0.25, 0.3) is 0 Å². The maximum absolute atomic E-state index is 12.4. The first-order valence-corrected chi connectivity index (χ1v) is 7.90. The number of hydrogen-bond donors (Lipinski definition) is 0. The summed E-state index contributed by atoms with van der Waals surface area (Å²) in [5, 5.41) is 0.306. The molecule has 2 unspecified atom stereocenters. The Kier molecular flexibility index (Phi) is 4.87. The van der Waals surface area contributed by atoms with E-state index in [-0.39, 0.29) is 5.41 Å². The van der Waals surface area contributed by atoms with Crippen LogP contribution >= 0.6 is 11.8 Å². The highest BCUT2D eigenvalue weighted by Gasteiger charge is 2.41. The Balaban J connectivity index is 2.19.